The molecule has 2 rings (SSSR count). The molecule has 0 bridgehead atoms. The molecular formula is C14H24N2OS. The maximum absolute atomic E-state index is 12.6. The molecule has 1 amide bonds. The highest BCUT2D eigenvalue weighted by Crippen LogP contribution is 2.43. The fourth-order valence-electron chi connectivity index (χ4n) is 3.18. The van der Waals surface area contributed by atoms with Crippen molar-refractivity contribution in [1.29, 1.82) is 0 Å². The molecule has 0 radical (unpaired) electrons. The lowest BCUT2D eigenvalue weighted by Gasteiger charge is -2.42. The SMILES string of the molecule is CCC1CCCN(C(=O)C2(C(N)=S)CCC2)CC1. The second-order valence-electron chi connectivity index (χ2n) is 5.80. The van der Waals surface area contributed by atoms with Crippen LogP contribution in [0.25, 0.3) is 0 Å². The number of thiocarbonyl (C=S) groups is 1. The Hall–Kier alpha value is -0.640. The second kappa shape index (κ2) is 5.55. The molecular weight excluding hydrogens is 244 g/mol. The fraction of sp³-hybridized carbons (Fsp3) is 0.857. The van der Waals surface area contributed by atoms with Gasteiger partial charge in [-0.2, -0.15) is 0 Å². The van der Waals surface area contributed by atoms with Gasteiger partial charge in [-0.25, -0.2) is 0 Å². The Morgan fingerprint density at radius 3 is 2.56 bits per heavy atom. The first kappa shape index (κ1) is 13.8. The number of likely N-dealkylation sites (tertiary alicyclic amines) is 1. The van der Waals surface area contributed by atoms with Crippen LogP contribution in [0.5, 0.6) is 0 Å². The van der Waals surface area contributed by atoms with Gasteiger partial charge in [0.15, 0.2) is 0 Å². The minimum absolute atomic E-state index is 0.206. The van der Waals surface area contributed by atoms with Gasteiger partial charge in [0.1, 0.15) is 0 Å². The molecule has 0 aromatic heterocycles. The monoisotopic (exact) mass is 268 g/mol. The van der Waals surface area contributed by atoms with E-state index in [4.69, 9.17) is 18.0 Å². The van der Waals surface area contributed by atoms with Crippen LogP contribution in [-0.2, 0) is 4.79 Å². The minimum atomic E-state index is -0.485. The topological polar surface area (TPSA) is 46.3 Å². The van der Waals surface area contributed by atoms with Crippen molar-refractivity contribution in [1.82, 2.24) is 4.90 Å². The van der Waals surface area contributed by atoms with Gasteiger partial charge in [-0.3, -0.25) is 4.79 Å². The van der Waals surface area contributed by atoms with Crippen LogP contribution in [0, 0.1) is 11.3 Å². The van der Waals surface area contributed by atoms with Crippen molar-refractivity contribution >= 4 is 23.1 Å². The van der Waals surface area contributed by atoms with Crippen molar-refractivity contribution in [2.75, 3.05) is 13.1 Å². The summed E-state index contributed by atoms with van der Waals surface area (Å²) in [5.74, 6) is 0.989. The van der Waals surface area contributed by atoms with E-state index >= 15 is 0 Å². The lowest BCUT2D eigenvalue weighted by atomic mass is 9.67. The first-order valence-electron chi connectivity index (χ1n) is 7.19. The molecule has 2 aliphatic rings. The van der Waals surface area contributed by atoms with Crippen LogP contribution >= 0.6 is 12.2 Å². The van der Waals surface area contributed by atoms with Gasteiger partial charge < -0.3 is 10.6 Å². The third-order valence-electron chi connectivity index (χ3n) is 4.80. The van der Waals surface area contributed by atoms with E-state index in [1.54, 1.807) is 0 Å². The molecule has 0 aromatic rings. The Kier molecular flexibility index (Phi) is 4.25. The molecule has 1 aliphatic carbocycles. The van der Waals surface area contributed by atoms with E-state index in [2.05, 4.69) is 6.92 Å². The van der Waals surface area contributed by atoms with Crippen LogP contribution < -0.4 is 5.73 Å². The Labute approximate surface area is 115 Å². The van der Waals surface area contributed by atoms with Gasteiger partial charge in [0.05, 0.1) is 10.4 Å². The first-order valence-corrected chi connectivity index (χ1v) is 7.60. The number of amides is 1. The van der Waals surface area contributed by atoms with E-state index < -0.39 is 5.41 Å². The maximum Gasteiger partial charge on any atom is 0.235 e. The van der Waals surface area contributed by atoms with Gasteiger partial charge in [-0.15, -0.1) is 0 Å². The Bertz CT molecular complexity index is 339. The van der Waals surface area contributed by atoms with Gasteiger partial charge in [0.2, 0.25) is 5.91 Å². The zero-order valence-electron chi connectivity index (χ0n) is 11.3. The zero-order valence-corrected chi connectivity index (χ0v) is 12.1. The van der Waals surface area contributed by atoms with E-state index in [0.717, 1.165) is 51.1 Å². The summed E-state index contributed by atoms with van der Waals surface area (Å²) in [6, 6.07) is 0. The Balaban J connectivity index is 2.02. The highest BCUT2D eigenvalue weighted by atomic mass is 32.1. The molecule has 102 valence electrons. The summed E-state index contributed by atoms with van der Waals surface area (Å²) in [5.41, 5.74) is 5.33. The maximum atomic E-state index is 12.6. The smallest absolute Gasteiger partial charge is 0.235 e. The van der Waals surface area contributed by atoms with E-state index in [0.29, 0.717) is 4.99 Å². The number of hydrogen-bond acceptors (Lipinski definition) is 2. The standard InChI is InChI=1S/C14H24N2OS/c1-2-11-5-3-9-16(10-6-11)13(17)14(12(15)18)7-4-8-14/h11H,2-10H2,1H3,(H2,15,18). The van der Waals surface area contributed by atoms with Gasteiger partial charge in [0.25, 0.3) is 0 Å². The summed E-state index contributed by atoms with van der Waals surface area (Å²) in [6.07, 6.45) is 7.52. The molecule has 1 saturated heterocycles. The average molecular weight is 268 g/mol. The fourth-order valence-corrected chi connectivity index (χ4v) is 3.47. The number of nitrogens with zero attached hydrogens (tertiary/aromatic N) is 1. The molecule has 1 aliphatic heterocycles. The molecule has 1 unspecified atom stereocenters. The van der Waals surface area contributed by atoms with Crippen molar-refractivity contribution in [3.8, 4) is 0 Å². The highest BCUT2D eigenvalue weighted by Gasteiger charge is 2.48. The summed E-state index contributed by atoms with van der Waals surface area (Å²) in [7, 11) is 0. The molecule has 4 heteroatoms. The van der Waals surface area contributed by atoms with Crippen LogP contribution in [0.1, 0.15) is 51.9 Å². The summed E-state index contributed by atoms with van der Waals surface area (Å²) in [4.78, 5) is 15.1. The molecule has 1 saturated carbocycles. The molecule has 0 spiro atoms. The predicted octanol–water partition coefficient (Wildman–Crippen LogP) is 2.48. The Morgan fingerprint density at radius 2 is 2.06 bits per heavy atom. The lowest BCUT2D eigenvalue weighted by Crippen LogP contribution is -2.54. The van der Waals surface area contributed by atoms with Crippen molar-refractivity contribution in [2.24, 2.45) is 17.1 Å². The second-order valence-corrected chi connectivity index (χ2v) is 6.24. The van der Waals surface area contributed by atoms with E-state index in [9.17, 15) is 4.79 Å². The summed E-state index contributed by atoms with van der Waals surface area (Å²) in [6.45, 7) is 4.02. The zero-order chi connectivity index (χ0) is 13.2. The quantitative estimate of drug-likeness (QED) is 0.800. The van der Waals surface area contributed by atoms with Crippen LogP contribution in [0.2, 0.25) is 0 Å². The largest absolute Gasteiger partial charge is 0.392 e. The summed E-state index contributed by atoms with van der Waals surface area (Å²) < 4.78 is 0. The third kappa shape index (κ3) is 2.40. The number of rotatable bonds is 3. The number of carbonyl (C=O) groups is 1. The number of hydrogen-bond donors (Lipinski definition) is 1. The number of nitrogens with two attached hydrogens (primary N) is 1. The normalized spacial score (nSPS) is 27.2. The molecule has 1 atom stereocenters. The Morgan fingerprint density at radius 1 is 1.33 bits per heavy atom. The van der Waals surface area contributed by atoms with Crippen molar-refractivity contribution in [3.63, 3.8) is 0 Å². The molecule has 2 N–H and O–H groups in total. The van der Waals surface area contributed by atoms with Crippen LogP contribution in [0.4, 0.5) is 0 Å². The van der Waals surface area contributed by atoms with Crippen molar-refractivity contribution < 1.29 is 4.79 Å². The van der Waals surface area contributed by atoms with Crippen LogP contribution in [0.3, 0.4) is 0 Å². The minimum Gasteiger partial charge on any atom is -0.392 e. The van der Waals surface area contributed by atoms with E-state index in [1.807, 2.05) is 4.90 Å². The molecule has 2 fully saturated rings. The average Bonchev–Trinajstić information content (AvgIpc) is 2.51. The molecule has 3 nitrogen and oxygen atoms in total. The van der Waals surface area contributed by atoms with Gasteiger partial charge in [-0.05, 0) is 38.0 Å². The van der Waals surface area contributed by atoms with Crippen molar-refractivity contribution in [3.05, 3.63) is 0 Å². The van der Waals surface area contributed by atoms with E-state index in [1.165, 1.54) is 12.8 Å². The van der Waals surface area contributed by atoms with Crippen LogP contribution in [-0.4, -0.2) is 28.9 Å². The van der Waals surface area contributed by atoms with E-state index in [-0.39, 0.29) is 5.91 Å². The van der Waals surface area contributed by atoms with Gasteiger partial charge in [0, 0.05) is 13.1 Å². The van der Waals surface area contributed by atoms with Gasteiger partial charge in [-0.1, -0.05) is 32.0 Å². The van der Waals surface area contributed by atoms with Crippen LogP contribution in [0.15, 0.2) is 0 Å². The highest BCUT2D eigenvalue weighted by molar-refractivity contribution is 7.80. The summed E-state index contributed by atoms with van der Waals surface area (Å²) in [5, 5.41) is 0. The lowest BCUT2D eigenvalue weighted by molar-refractivity contribution is -0.141. The first-order chi connectivity index (χ1) is 8.60. The molecule has 18 heavy (non-hydrogen) atoms. The summed E-state index contributed by atoms with van der Waals surface area (Å²) >= 11 is 5.14. The number of carbonyl (C=O) groups excluding carboxylic acids is 1. The molecule has 1 heterocycles. The predicted molar refractivity (Wildman–Crippen MR) is 77.3 cm³/mol. The molecule has 0 aromatic carbocycles. The van der Waals surface area contributed by atoms with Gasteiger partial charge >= 0.3 is 0 Å². The van der Waals surface area contributed by atoms with Crippen molar-refractivity contribution in [2.45, 2.75) is 51.9 Å². The third-order valence-corrected chi connectivity index (χ3v) is 5.19.